The van der Waals surface area contributed by atoms with Crippen LogP contribution in [0.25, 0.3) is 0 Å². The minimum absolute atomic E-state index is 0.00625. The van der Waals surface area contributed by atoms with Gasteiger partial charge in [-0.15, -0.1) is 11.8 Å². The fourth-order valence-corrected chi connectivity index (χ4v) is 5.07. The molecule has 4 nitrogen and oxygen atoms in total. The van der Waals surface area contributed by atoms with Gasteiger partial charge in [0.05, 0.1) is 5.75 Å². The monoisotopic (exact) mass is 316 g/mol. The van der Waals surface area contributed by atoms with Crippen LogP contribution in [0.3, 0.4) is 0 Å². The molecule has 0 radical (unpaired) electrons. The molecule has 1 rings (SSSR count). The predicted octanol–water partition coefficient (Wildman–Crippen LogP) is 2.81. The summed E-state index contributed by atoms with van der Waals surface area (Å²) in [6.45, 7) is 6.40. The van der Waals surface area contributed by atoms with Crippen molar-refractivity contribution in [2.75, 3.05) is 23.8 Å². The molecule has 0 amide bonds. The smallest absolute Gasteiger partial charge is 0.215 e. The molecule has 0 spiro atoms. The van der Waals surface area contributed by atoms with E-state index in [4.69, 9.17) is 5.73 Å². The van der Waals surface area contributed by atoms with E-state index in [-0.39, 0.29) is 11.8 Å². The molecule has 6 heteroatoms. The molecule has 0 saturated heterocycles. The molecule has 0 bridgehead atoms. The molecule has 1 aromatic carbocycles. The van der Waals surface area contributed by atoms with Crippen LogP contribution < -0.4 is 5.73 Å². The number of rotatable bonds is 8. The van der Waals surface area contributed by atoms with Crippen molar-refractivity contribution in [2.24, 2.45) is 0 Å². The first-order chi connectivity index (χ1) is 9.38. The van der Waals surface area contributed by atoms with Crippen molar-refractivity contribution in [3.8, 4) is 0 Å². The molecule has 0 aliphatic rings. The van der Waals surface area contributed by atoms with Crippen LogP contribution in [0.1, 0.15) is 27.2 Å². The first-order valence-corrected chi connectivity index (χ1v) is 9.44. The van der Waals surface area contributed by atoms with Gasteiger partial charge in [0.25, 0.3) is 0 Å². The van der Waals surface area contributed by atoms with Gasteiger partial charge in [0.1, 0.15) is 0 Å². The molecular formula is C14H24N2O2S2. The van der Waals surface area contributed by atoms with E-state index in [1.54, 1.807) is 4.31 Å². The SMILES string of the molecule is CCCN(C(C)C)S(=O)(=O)CCSc1ccccc1N. The Morgan fingerprint density at radius 1 is 1.30 bits per heavy atom. The summed E-state index contributed by atoms with van der Waals surface area (Å²) in [5.41, 5.74) is 6.54. The number of hydrogen-bond donors (Lipinski definition) is 1. The standard InChI is InChI=1S/C14H24N2O2S2/c1-4-9-16(12(2)3)20(17,18)11-10-19-14-8-6-5-7-13(14)15/h5-8,12H,4,9-11,15H2,1-3H3. The van der Waals surface area contributed by atoms with Gasteiger partial charge in [-0.2, -0.15) is 4.31 Å². The first kappa shape index (κ1) is 17.3. The van der Waals surface area contributed by atoms with Crippen LogP contribution in [0.4, 0.5) is 5.69 Å². The zero-order valence-electron chi connectivity index (χ0n) is 12.4. The Labute approximate surface area is 126 Å². The molecule has 0 unspecified atom stereocenters. The molecule has 0 atom stereocenters. The number of hydrogen-bond acceptors (Lipinski definition) is 4. The number of benzene rings is 1. The predicted molar refractivity (Wildman–Crippen MR) is 87.5 cm³/mol. The number of thioether (sulfide) groups is 1. The van der Waals surface area contributed by atoms with Crippen molar-refractivity contribution in [1.82, 2.24) is 4.31 Å². The maximum Gasteiger partial charge on any atom is 0.215 e. The third-order valence-electron chi connectivity index (χ3n) is 2.90. The number of sulfonamides is 1. The topological polar surface area (TPSA) is 63.4 Å². The molecule has 2 N–H and O–H groups in total. The largest absolute Gasteiger partial charge is 0.398 e. The molecule has 20 heavy (non-hydrogen) atoms. The molecule has 0 aliphatic carbocycles. The quantitative estimate of drug-likeness (QED) is 0.592. The van der Waals surface area contributed by atoms with E-state index >= 15 is 0 Å². The van der Waals surface area contributed by atoms with E-state index in [0.717, 1.165) is 11.3 Å². The summed E-state index contributed by atoms with van der Waals surface area (Å²) < 4.78 is 26.2. The second-order valence-electron chi connectivity index (χ2n) is 4.91. The Kier molecular flexibility index (Phi) is 6.85. The average molecular weight is 316 g/mol. The van der Waals surface area contributed by atoms with Gasteiger partial charge in [0, 0.05) is 28.9 Å². The number of nitrogen functional groups attached to an aromatic ring is 1. The summed E-state index contributed by atoms with van der Waals surface area (Å²) in [6.07, 6.45) is 0.830. The lowest BCUT2D eigenvalue weighted by molar-refractivity contribution is 0.355. The first-order valence-electron chi connectivity index (χ1n) is 6.85. The van der Waals surface area contributed by atoms with Gasteiger partial charge >= 0.3 is 0 Å². The van der Waals surface area contributed by atoms with Crippen molar-refractivity contribution in [3.05, 3.63) is 24.3 Å². The maximum absolute atomic E-state index is 12.3. The third-order valence-corrected chi connectivity index (χ3v) is 6.28. The van der Waals surface area contributed by atoms with Gasteiger partial charge in [-0.05, 0) is 32.4 Å². The molecule has 0 fully saturated rings. The summed E-state index contributed by atoms with van der Waals surface area (Å²) in [5.74, 6) is 0.660. The van der Waals surface area contributed by atoms with Crippen LogP contribution in [-0.2, 0) is 10.0 Å². The van der Waals surface area contributed by atoms with Crippen molar-refractivity contribution in [1.29, 1.82) is 0 Å². The molecule has 0 saturated carbocycles. The van der Waals surface area contributed by atoms with Crippen LogP contribution in [-0.4, -0.2) is 36.8 Å². The third kappa shape index (κ3) is 5.00. The summed E-state index contributed by atoms with van der Waals surface area (Å²) >= 11 is 1.49. The van der Waals surface area contributed by atoms with E-state index in [9.17, 15) is 8.42 Å². The lowest BCUT2D eigenvalue weighted by Gasteiger charge is -2.25. The minimum Gasteiger partial charge on any atom is -0.398 e. The number of anilines is 1. The van der Waals surface area contributed by atoms with E-state index < -0.39 is 10.0 Å². The highest BCUT2D eigenvalue weighted by Crippen LogP contribution is 2.24. The summed E-state index contributed by atoms with van der Waals surface area (Å²) in [6, 6.07) is 7.53. The van der Waals surface area contributed by atoms with Crippen molar-refractivity contribution in [2.45, 2.75) is 38.1 Å². The molecular weight excluding hydrogens is 292 g/mol. The highest BCUT2D eigenvalue weighted by molar-refractivity contribution is 8.00. The molecule has 114 valence electrons. The lowest BCUT2D eigenvalue weighted by atomic mass is 10.3. The second-order valence-corrected chi connectivity index (χ2v) is 8.08. The number of para-hydroxylation sites is 1. The van der Waals surface area contributed by atoms with Gasteiger partial charge in [0.2, 0.25) is 10.0 Å². The molecule has 1 aromatic rings. The fourth-order valence-electron chi connectivity index (χ4n) is 1.93. The average Bonchev–Trinajstić information content (AvgIpc) is 2.37. The van der Waals surface area contributed by atoms with Crippen LogP contribution in [0.15, 0.2) is 29.2 Å². The van der Waals surface area contributed by atoms with Crippen LogP contribution in [0.5, 0.6) is 0 Å². The highest BCUT2D eigenvalue weighted by Gasteiger charge is 2.23. The second kappa shape index (κ2) is 7.90. The van der Waals surface area contributed by atoms with E-state index in [0.29, 0.717) is 18.0 Å². The summed E-state index contributed by atoms with van der Waals surface area (Å²) in [7, 11) is -3.20. The van der Waals surface area contributed by atoms with Gasteiger partial charge in [-0.3, -0.25) is 0 Å². The van der Waals surface area contributed by atoms with Gasteiger partial charge in [0.15, 0.2) is 0 Å². The summed E-state index contributed by atoms with van der Waals surface area (Å²) in [4.78, 5) is 0.939. The van der Waals surface area contributed by atoms with Crippen LogP contribution in [0.2, 0.25) is 0 Å². The minimum atomic E-state index is -3.20. The zero-order chi connectivity index (χ0) is 15.2. The van der Waals surface area contributed by atoms with E-state index in [2.05, 4.69) is 0 Å². The lowest BCUT2D eigenvalue weighted by Crippen LogP contribution is -2.39. The Bertz CT molecular complexity index is 516. The Balaban J connectivity index is 2.61. The maximum atomic E-state index is 12.3. The van der Waals surface area contributed by atoms with Crippen molar-refractivity contribution >= 4 is 27.5 Å². The zero-order valence-corrected chi connectivity index (χ0v) is 14.0. The van der Waals surface area contributed by atoms with Crippen LogP contribution >= 0.6 is 11.8 Å². The fraction of sp³-hybridized carbons (Fsp3) is 0.571. The number of nitrogens with two attached hydrogens (primary N) is 1. The van der Waals surface area contributed by atoms with Gasteiger partial charge < -0.3 is 5.73 Å². The Morgan fingerprint density at radius 3 is 2.50 bits per heavy atom. The van der Waals surface area contributed by atoms with E-state index in [1.807, 2.05) is 45.0 Å². The van der Waals surface area contributed by atoms with Crippen LogP contribution in [0, 0.1) is 0 Å². The summed E-state index contributed by atoms with van der Waals surface area (Å²) in [5, 5.41) is 0. The van der Waals surface area contributed by atoms with E-state index in [1.165, 1.54) is 11.8 Å². The van der Waals surface area contributed by atoms with Gasteiger partial charge in [-0.1, -0.05) is 19.1 Å². The normalized spacial score (nSPS) is 12.2. The molecule has 0 aromatic heterocycles. The van der Waals surface area contributed by atoms with Crippen molar-refractivity contribution < 1.29 is 8.42 Å². The Morgan fingerprint density at radius 2 is 1.95 bits per heavy atom. The molecule has 0 heterocycles. The molecule has 0 aliphatic heterocycles. The van der Waals surface area contributed by atoms with Gasteiger partial charge in [-0.25, -0.2) is 8.42 Å². The Hall–Kier alpha value is -0.720. The van der Waals surface area contributed by atoms with Crippen molar-refractivity contribution in [3.63, 3.8) is 0 Å². The highest BCUT2D eigenvalue weighted by atomic mass is 32.2. The number of nitrogens with zero attached hydrogens (tertiary/aromatic N) is 1.